The maximum absolute atomic E-state index is 16.1. The number of benzene rings is 2. The highest BCUT2D eigenvalue weighted by molar-refractivity contribution is 7.11. The molecule has 1 N–H and O–H groups in total. The van der Waals surface area contributed by atoms with Gasteiger partial charge in [-0.1, -0.05) is 48.7 Å². The van der Waals surface area contributed by atoms with Gasteiger partial charge in [-0.2, -0.15) is 0 Å². The fraction of sp³-hybridized carbons (Fsp3) is 0.394. The Labute approximate surface area is 264 Å². The normalized spacial score (nSPS) is 20.4. The first-order valence-corrected chi connectivity index (χ1v) is 16.1. The Balaban J connectivity index is 1.20. The minimum Gasteiger partial charge on any atom is -0.469 e. The molecule has 2 aliphatic rings. The number of nitrogens with one attached hydrogen (secondary N) is 1. The number of alkyl halides is 1. The molecule has 6 rings (SSSR count). The number of para-hydroxylation sites is 1. The van der Waals surface area contributed by atoms with E-state index < -0.39 is 12.1 Å². The van der Waals surface area contributed by atoms with Gasteiger partial charge >= 0.3 is 5.97 Å². The van der Waals surface area contributed by atoms with Gasteiger partial charge in [0.15, 0.2) is 0 Å². The zero-order valence-electron chi connectivity index (χ0n) is 24.6. The average molecular weight is 637 g/mol. The van der Waals surface area contributed by atoms with Crippen molar-refractivity contribution >= 4 is 57.3 Å². The molecule has 1 saturated carbocycles. The van der Waals surface area contributed by atoms with Crippen LogP contribution in [0.15, 0.2) is 54.9 Å². The summed E-state index contributed by atoms with van der Waals surface area (Å²) in [6.45, 7) is 0. The van der Waals surface area contributed by atoms with Crippen molar-refractivity contribution in [2.75, 3.05) is 12.4 Å². The van der Waals surface area contributed by atoms with Crippen molar-refractivity contribution in [2.24, 2.45) is 13.0 Å². The van der Waals surface area contributed by atoms with Gasteiger partial charge < -0.3 is 19.5 Å². The minimum atomic E-state index is -1.92. The van der Waals surface area contributed by atoms with Gasteiger partial charge in [0.05, 0.1) is 35.8 Å². The lowest BCUT2D eigenvalue weighted by atomic mass is 9.84. The molecule has 2 fully saturated rings. The Hall–Kier alpha value is -3.76. The van der Waals surface area contributed by atoms with Gasteiger partial charge in [-0.05, 0) is 55.4 Å². The van der Waals surface area contributed by atoms with Gasteiger partial charge in [-0.3, -0.25) is 14.4 Å². The van der Waals surface area contributed by atoms with Crippen LogP contribution in [0.25, 0.3) is 10.9 Å². The van der Waals surface area contributed by atoms with Gasteiger partial charge in [0.25, 0.3) is 11.8 Å². The minimum absolute atomic E-state index is 0.0448. The molecule has 2 aromatic heterocycles. The Morgan fingerprint density at radius 2 is 1.98 bits per heavy atom. The highest BCUT2D eigenvalue weighted by Gasteiger charge is 2.48. The first kappa shape index (κ1) is 30.3. The Morgan fingerprint density at radius 1 is 1.18 bits per heavy atom. The van der Waals surface area contributed by atoms with Crippen LogP contribution in [0.2, 0.25) is 5.02 Å². The second-order valence-electron chi connectivity index (χ2n) is 11.6. The van der Waals surface area contributed by atoms with Gasteiger partial charge in [0, 0.05) is 41.3 Å². The number of methoxy groups -OCH3 is 1. The number of ether oxygens (including phenoxy) is 1. The summed E-state index contributed by atoms with van der Waals surface area (Å²) in [7, 11) is 3.24. The third kappa shape index (κ3) is 5.85. The molecule has 2 aromatic carbocycles. The quantitative estimate of drug-likeness (QED) is 0.207. The molecule has 4 aromatic rings. The van der Waals surface area contributed by atoms with Crippen LogP contribution in [-0.4, -0.2) is 45.4 Å². The van der Waals surface area contributed by atoms with Crippen molar-refractivity contribution in [2.45, 2.75) is 63.2 Å². The van der Waals surface area contributed by atoms with Crippen molar-refractivity contribution in [1.82, 2.24) is 14.5 Å². The Kier molecular flexibility index (Phi) is 8.73. The SMILES string of the molecule is COC(=O)CCc1cnc([C@@H]2CC3CCCCC3N2C(=O)C(F)c2ccc(NC(=O)c3cn(C)c4ccccc34)c(Cl)c2)s1. The van der Waals surface area contributed by atoms with E-state index in [0.29, 0.717) is 23.6 Å². The van der Waals surface area contributed by atoms with Crippen LogP contribution < -0.4 is 5.32 Å². The van der Waals surface area contributed by atoms with E-state index in [1.165, 1.54) is 30.6 Å². The summed E-state index contributed by atoms with van der Waals surface area (Å²) < 4.78 is 22.7. The number of aromatic nitrogens is 2. The lowest BCUT2D eigenvalue weighted by Crippen LogP contribution is -2.42. The molecule has 1 aliphatic heterocycles. The lowest BCUT2D eigenvalue weighted by molar-refractivity contribution is -0.141. The fourth-order valence-corrected chi connectivity index (χ4v) is 7.96. The van der Waals surface area contributed by atoms with Crippen LogP contribution in [0.1, 0.15) is 76.5 Å². The summed E-state index contributed by atoms with van der Waals surface area (Å²) in [5, 5.41) is 4.56. The van der Waals surface area contributed by atoms with Crippen LogP contribution in [0.4, 0.5) is 10.1 Å². The molecule has 0 spiro atoms. The summed E-state index contributed by atoms with van der Waals surface area (Å²) in [6.07, 6.45) is 7.00. The molecule has 0 bridgehead atoms. The summed E-state index contributed by atoms with van der Waals surface area (Å²) in [5.41, 5.74) is 1.90. The van der Waals surface area contributed by atoms with Gasteiger partial charge in [-0.25, -0.2) is 9.37 Å². The smallest absolute Gasteiger partial charge is 0.305 e. The standard InChI is InChI=1S/C33H34ClFN4O4S/c1-38-18-23(22-8-4-6-10-27(22)38)31(41)37-25-13-11-20(15-24(25)34)30(35)33(42)39-26-9-5-3-7-19(26)16-28(39)32-36-17-21(44-32)12-14-29(40)43-2/h4,6,8,10-11,13,15,17-19,26,28,30H,3,5,7,9,12,14,16H2,1-2H3,(H,37,41)/t19?,26?,28-,30?/m0/s1. The number of likely N-dealkylation sites (tertiary alicyclic amines) is 1. The topological polar surface area (TPSA) is 93.5 Å². The molecule has 44 heavy (non-hydrogen) atoms. The van der Waals surface area contributed by atoms with Crippen LogP contribution >= 0.6 is 22.9 Å². The second-order valence-corrected chi connectivity index (χ2v) is 13.1. The molecule has 230 valence electrons. The molecule has 3 unspecified atom stereocenters. The van der Waals surface area contributed by atoms with E-state index in [4.69, 9.17) is 16.3 Å². The molecule has 1 saturated heterocycles. The predicted octanol–water partition coefficient (Wildman–Crippen LogP) is 7.19. The van der Waals surface area contributed by atoms with Gasteiger partial charge in [0.2, 0.25) is 6.17 Å². The van der Waals surface area contributed by atoms with E-state index in [0.717, 1.165) is 52.9 Å². The summed E-state index contributed by atoms with van der Waals surface area (Å²) >= 11 is 8.01. The van der Waals surface area contributed by atoms with Gasteiger partial charge in [-0.15, -0.1) is 11.3 Å². The number of thiazole rings is 1. The van der Waals surface area contributed by atoms with Crippen molar-refractivity contribution < 1.29 is 23.5 Å². The van der Waals surface area contributed by atoms with Crippen LogP contribution in [-0.2, 0) is 27.8 Å². The number of halogens is 2. The maximum atomic E-state index is 16.1. The molecule has 4 atom stereocenters. The summed E-state index contributed by atoms with van der Waals surface area (Å²) in [5.74, 6) is -0.925. The van der Waals surface area contributed by atoms with Crippen LogP contribution in [0.3, 0.4) is 0 Å². The third-order valence-electron chi connectivity index (χ3n) is 8.89. The van der Waals surface area contributed by atoms with Gasteiger partial charge in [0.1, 0.15) is 5.01 Å². The first-order valence-electron chi connectivity index (χ1n) is 14.9. The molecule has 2 amide bonds. The van der Waals surface area contributed by atoms with E-state index in [1.807, 2.05) is 35.9 Å². The molecule has 0 radical (unpaired) electrons. The Bertz CT molecular complexity index is 1720. The predicted molar refractivity (Wildman–Crippen MR) is 169 cm³/mol. The number of nitrogens with zero attached hydrogens (tertiary/aromatic N) is 3. The molecule has 3 heterocycles. The number of anilines is 1. The van der Waals surface area contributed by atoms with Crippen molar-refractivity contribution in [1.29, 1.82) is 0 Å². The number of carbonyl (C=O) groups excluding carboxylic acids is 3. The molecule has 8 nitrogen and oxygen atoms in total. The second kappa shape index (κ2) is 12.7. The number of fused-ring (bicyclic) bond motifs is 2. The number of aryl methyl sites for hydroxylation is 2. The molecular formula is C33H34ClFN4O4S. The van der Waals surface area contributed by atoms with Crippen molar-refractivity contribution in [3.8, 4) is 0 Å². The zero-order chi connectivity index (χ0) is 31.0. The highest BCUT2D eigenvalue weighted by Crippen LogP contribution is 2.48. The fourth-order valence-electron chi connectivity index (χ4n) is 6.69. The maximum Gasteiger partial charge on any atom is 0.305 e. The van der Waals surface area contributed by atoms with E-state index in [2.05, 4.69) is 10.3 Å². The number of rotatable bonds is 8. The number of amides is 2. The molecule has 1 aliphatic carbocycles. The average Bonchev–Trinajstić information content (AvgIpc) is 3.75. The highest BCUT2D eigenvalue weighted by atomic mass is 35.5. The first-order chi connectivity index (χ1) is 21.2. The largest absolute Gasteiger partial charge is 0.469 e. The van der Waals surface area contributed by atoms with E-state index >= 15 is 4.39 Å². The van der Waals surface area contributed by atoms with Crippen molar-refractivity contribution in [3.05, 3.63) is 80.9 Å². The molecule has 11 heteroatoms. The third-order valence-corrected chi connectivity index (χ3v) is 10.4. The monoisotopic (exact) mass is 636 g/mol. The van der Waals surface area contributed by atoms with E-state index in [1.54, 1.807) is 23.4 Å². The number of carbonyl (C=O) groups is 3. The lowest BCUT2D eigenvalue weighted by Gasteiger charge is -2.34. The van der Waals surface area contributed by atoms with Crippen LogP contribution in [0, 0.1) is 5.92 Å². The number of hydrogen-bond acceptors (Lipinski definition) is 6. The van der Waals surface area contributed by atoms with E-state index in [-0.39, 0.29) is 41.0 Å². The summed E-state index contributed by atoms with van der Waals surface area (Å²) in [4.78, 5) is 45.9. The number of hydrogen-bond donors (Lipinski definition) is 1. The Morgan fingerprint density at radius 3 is 2.77 bits per heavy atom. The zero-order valence-corrected chi connectivity index (χ0v) is 26.2. The van der Waals surface area contributed by atoms with Crippen molar-refractivity contribution in [3.63, 3.8) is 0 Å². The molecular weight excluding hydrogens is 603 g/mol. The summed E-state index contributed by atoms with van der Waals surface area (Å²) in [6, 6.07) is 11.7. The number of esters is 1. The van der Waals surface area contributed by atoms with E-state index in [9.17, 15) is 14.4 Å². The van der Waals surface area contributed by atoms with Crippen LogP contribution in [0.5, 0.6) is 0 Å².